The molecule has 1 unspecified atom stereocenters. The van der Waals surface area contributed by atoms with E-state index in [4.69, 9.17) is 0 Å². The molecule has 0 fully saturated rings. The summed E-state index contributed by atoms with van der Waals surface area (Å²) in [7, 11) is 0. The lowest BCUT2D eigenvalue weighted by molar-refractivity contribution is -0.122. The van der Waals surface area contributed by atoms with E-state index in [9.17, 15) is 14.7 Å². The summed E-state index contributed by atoms with van der Waals surface area (Å²) in [6.45, 7) is 8.34. The van der Waals surface area contributed by atoms with Crippen molar-refractivity contribution in [3.05, 3.63) is 34.9 Å². The fourth-order valence-electron chi connectivity index (χ4n) is 2.74. The summed E-state index contributed by atoms with van der Waals surface area (Å²) < 4.78 is 2.74. The Bertz CT molecular complexity index is 761. The van der Waals surface area contributed by atoms with Crippen LogP contribution < -0.4 is 11.0 Å². The predicted octanol–water partition coefficient (Wildman–Crippen LogP) is 1.05. The van der Waals surface area contributed by atoms with Gasteiger partial charge in [-0.15, -0.1) is 5.10 Å². The van der Waals surface area contributed by atoms with Gasteiger partial charge in [-0.3, -0.25) is 9.20 Å². The molecular formula is C17H26N4O3. The van der Waals surface area contributed by atoms with Crippen LogP contribution in [-0.4, -0.2) is 37.8 Å². The molecule has 0 aliphatic heterocycles. The summed E-state index contributed by atoms with van der Waals surface area (Å²) in [5.74, 6) is -0.0450. The minimum Gasteiger partial charge on any atom is -0.392 e. The van der Waals surface area contributed by atoms with Crippen LogP contribution in [0.4, 0.5) is 0 Å². The van der Waals surface area contributed by atoms with Crippen LogP contribution >= 0.6 is 0 Å². The fourth-order valence-corrected chi connectivity index (χ4v) is 2.74. The number of fused-ring (bicyclic) bond motifs is 1. The van der Waals surface area contributed by atoms with Crippen LogP contribution in [0.5, 0.6) is 0 Å². The van der Waals surface area contributed by atoms with Gasteiger partial charge in [0.15, 0.2) is 5.65 Å². The first-order valence-electron chi connectivity index (χ1n) is 8.21. The average Bonchev–Trinajstić information content (AvgIpc) is 2.87. The molecule has 0 bridgehead atoms. The summed E-state index contributed by atoms with van der Waals surface area (Å²) in [5.41, 5.74) is -0.109. The van der Waals surface area contributed by atoms with Crippen molar-refractivity contribution < 1.29 is 9.90 Å². The highest BCUT2D eigenvalue weighted by atomic mass is 16.3. The zero-order chi connectivity index (χ0) is 17.9. The molecule has 0 saturated carbocycles. The Morgan fingerprint density at radius 2 is 2.08 bits per heavy atom. The summed E-state index contributed by atoms with van der Waals surface area (Å²) in [4.78, 5) is 24.2. The lowest BCUT2D eigenvalue weighted by Crippen LogP contribution is -2.43. The van der Waals surface area contributed by atoms with E-state index in [1.165, 1.54) is 9.08 Å². The lowest BCUT2D eigenvalue weighted by atomic mass is 9.80. The Kier molecular flexibility index (Phi) is 5.43. The highest BCUT2D eigenvalue weighted by molar-refractivity contribution is 5.75. The monoisotopic (exact) mass is 334 g/mol. The van der Waals surface area contributed by atoms with Gasteiger partial charge in [-0.1, -0.05) is 33.8 Å². The summed E-state index contributed by atoms with van der Waals surface area (Å²) in [6, 6.07) is 5.31. The molecule has 2 N–H and O–H groups in total. The van der Waals surface area contributed by atoms with Crippen LogP contribution in [-0.2, 0) is 11.3 Å². The summed E-state index contributed by atoms with van der Waals surface area (Å²) >= 11 is 0. The Labute approximate surface area is 141 Å². The van der Waals surface area contributed by atoms with Crippen molar-refractivity contribution in [2.45, 2.75) is 46.8 Å². The Morgan fingerprint density at radius 3 is 2.71 bits per heavy atom. The van der Waals surface area contributed by atoms with E-state index < -0.39 is 11.5 Å². The molecular weight excluding hydrogens is 308 g/mol. The van der Waals surface area contributed by atoms with Crippen LogP contribution in [0.15, 0.2) is 29.2 Å². The van der Waals surface area contributed by atoms with Crippen LogP contribution in [0.2, 0.25) is 0 Å². The second kappa shape index (κ2) is 7.17. The van der Waals surface area contributed by atoms with E-state index >= 15 is 0 Å². The molecule has 132 valence electrons. The lowest BCUT2D eigenvalue weighted by Gasteiger charge is -2.33. The van der Waals surface area contributed by atoms with Gasteiger partial charge >= 0.3 is 5.69 Å². The molecule has 2 aromatic rings. The molecule has 2 heterocycles. The number of carbonyl (C=O) groups excluding carboxylic acids is 1. The van der Waals surface area contributed by atoms with Gasteiger partial charge in [0.2, 0.25) is 5.91 Å². The van der Waals surface area contributed by atoms with E-state index in [1.54, 1.807) is 24.4 Å². The number of pyridine rings is 1. The normalized spacial score (nSPS) is 13.4. The maximum Gasteiger partial charge on any atom is 0.350 e. The first-order valence-corrected chi connectivity index (χ1v) is 8.21. The highest BCUT2D eigenvalue weighted by Crippen LogP contribution is 2.25. The molecule has 0 aliphatic carbocycles. The number of hydrogen-bond acceptors (Lipinski definition) is 4. The molecule has 2 aromatic heterocycles. The number of nitrogens with zero attached hydrogens (tertiary/aromatic N) is 3. The SMILES string of the molecule is CC(C)C(O)C(C)(C)CNC(=O)CCn1nc2ccccn2c1=O. The minimum atomic E-state index is -0.501. The van der Waals surface area contributed by atoms with E-state index in [0.717, 1.165) is 0 Å². The number of nitrogens with one attached hydrogen (secondary N) is 1. The number of aliphatic hydroxyl groups is 1. The summed E-state index contributed by atoms with van der Waals surface area (Å²) in [6.07, 6.45) is 1.31. The van der Waals surface area contributed by atoms with Gasteiger partial charge in [-0.2, -0.15) is 0 Å². The van der Waals surface area contributed by atoms with Gasteiger partial charge in [0.1, 0.15) is 0 Å². The molecule has 0 spiro atoms. The van der Waals surface area contributed by atoms with Gasteiger partial charge in [-0.25, -0.2) is 9.48 Å². The molecule has 0 radical (unpaired) electrons. The van der Waals surface area contributed by atoms with Crippen LogP contribution in [0.1, 0.15) is 34.1 Å². The third kappa shape index (κ3) is 4.03. The van der Waals surface area contributed by atoms with Crippen molar-refractivity contribution in [1.82, 2.24) is 19.5 Å². The number of aryl methyl sites for hydroxylation is 1. The van der Waals surface area contributed by atoms with Crippen LogP contribution in [0.25, 0.3) is 5.65 Å². The van der Waals surface area contributed by atoms with Crippen molar-refractivity contribution in [2.24, 2.45) is 11.3 Å². The molecule has 7 nitrogen and oxygen atoms in total. The number of carbonyl (C=O) groups is 1. The molecule has 1 amide bonds. The van der Waals surface area contributed by atoms with E-state index in [1.807, 2.05) is 27.7 Å². The molecule has 0 aliphatic rings. The topological polar surface area (TPSA) is 88.6 Å². The Balaban J connectivity index is 1.91. The number of hydrogen-bond donors (Lipinski definition) is 2. The zero-order valence-electron chi connectivity index (χ0n) is 14.7. The first kappa shape index (κ1) is 18.2. The minimum absolute atomic E-state index is 0.119. The van der Waals surface area contributed by atoms with Gasteiger partial charge in [0.05, 0.1) is 12.6 Å². The van der Waals surface area contributed by atoms with E-state index in [2.05, 4.69) is 10.4 Å². The number of amides is 1. The molecule has 1 atom stereocenters. The highest BCUT2D eigenvalue weighted by Gasteiger charge is 2.30. The number of aromatic nitrogens is 3. The standard InChI is InChI=1S/C17H26N4O3/c1-12(2)15(23)17(3,4)11-18-14(22)8-10-21-16(24)20-9-6-5-7-13(20)19-21/h5-7,9,12,15,23H,8,10-11H2,1-4H3,(H,18,22). The zero-order valence-corrected chi connectivity index (χ0v) is 14.7. The van der Waals surface area contributed by atoms with Crippen LogP contribution in [0.3, 0.4) is 0 Å². The molecule has 0 aromatic carbocycles. The quantitative estimate of drug-likeness (QED) is 0.792. The van der Waals surface area contributed by atoms with Crippen molar-refractivity contribution in [3.8, 4) is 0 Å². The van der Waals surface area contributed by atoms with E-state index in [0.29, 0.717) is 12.2 Å². The van der Waals surface area contributed by atoms with Crippen molar-refractivity contribution >= 4 is 11.6 Å². The first-order chi connectivity index (χ1) is 11.2. The van der Waals surface area contributed by atoms with Gasteiger partial charge < -0.3 is 10.4 Å². The van der Waals surface area contributed by atoms with Gasteiger partial charge in [0, 0.05) is 24.6 Å². The molecule has 24 heavy (non-hydrogen) atoms. The Hall–Kier alpha value is -2.15. The third-order valence-electron chi connectivity index (χ3n) is 4.21. The number of aliphatic hydroxyl groups excluding tert-OH is 1. The van der Waals surface area contributed by atoms with Gasteiger partial charge in [0.25, 0.3) is 0 Å². The second-order valence-corrected chi connectivity index (χ2v) is 7.14. The van der Waals surface area contributed by atoms with Crippen molar-refractivity contribution in [3.63, 3.8) is 0 Å². The second-order valence-electron chi connectivity index (χ2n) is 7.14. The fraction of sp³-hybridized carbons (Fsp3) is 0.588. The number of rotatable bonds is 7. The molecule has 2 rings (SSSR count). The Morgan fingerprint density at radius 1 is 1.38 bits per heavy atom. The largest absolute Gasteiger partial charge is 0.392 e. The smallest absolute Gasteiger partial charge is 0.350 e. The molecule has 0 saturated heterocycles. The van der Waals surface area contributed by atoms with Crippen molar-refractivity contribution in [2.75, 3.05) is 6.54 Å². The van der Waals surface area contributed by atoms with E-state index in [-0.39, 0.29) is 30.5 Å². The van der Waals surface area contributed by atoms with Gasteiger partial charge in [-0.05, 0) is 18.1 Å². The average molecular weight is 334 g/mol. The predicted molar refractivity (Wildman–Crippen MR) is 91.7 cm³/mol. The maximum absolute atomic E-state index is 12.1. The molecule has 7 heteroatoms. The van der Waals surface area contributed by atoms with Crippen LogP contribution in [0, 0.1) is 11.3 Å². The summed E-state index contributed by atoms with van der Waals surface area (Å²) in [5, 5.41) is 17.2. The maximum atomic E-state index is 12.1. The third-order valence-corrected chi connectivity index (χ3v) is 4.21. The van der Waals surface area contributed by atoms with Crippen molar-refractivity contribution in [1.29, 1.82) is 0 Å².